The van der Waals surface area contributed by atoms with Crippen LogP contribution in [-0.2, 0) is 11.3 Å². The van der Waals surface area contributed by atoms with E-state index < -0.39 is 0 Å². The third kappa shape index (κ3) is 5.16. The molecule has 1 heterocycles. The Labute approximate surface area is 183 Å². The first-order valence-corrected chi connectivity index (χ1v) is 10.7. The molecule has 0 aliphatic rings. The average molecular weight is 434 g/mol. The van der Waals surface area contributed by atoms with E-state index in [1.54, 1.807) is 17.0 Å². The van der Waals surface area contributed by atoms with E-state index >= 15 is 0 Å². The number of hydrogen-bond donors (Lipinski definition) is 0. The molecular weight excluding hydrogens is 413 g/mol. The molecule has 0 saturated carbocycles. The van der Waals surface area contributed by atoms with Gasteiger partial charge in [-0.05, 0) is 58.8 Å². The molecule has 0 atom stereocenters. The van der Waals surface area contributed by atoms with E-state index in [0.717, 1.165) is 16.8 Å². The average Bonchev–Trinajstić information content (AvgIpc) is 3.25. The second-order valence-electron chi connectivity index (χ2n) is 6.95. The van der Waals surface area contributed by atoms with Crippen LogP contribution in [0.4, 0.5) is 10.1 Å². The lowest BCUT2D eigenvalue weighted by molar-refractivity contribution is -0.116. The van der Waals surface area contributed by atoms with E-state index in [4.69, 9.17) is 0 Å². The SMILES string of the molecule is Cc1cccc(N(Cc2ccccc2)C(=O)CSc2nnnn2-c2cccc(F)c2)c1. The predicted octanol–water partition coefficient (Wildman–Crippen LogP) is 4.44. The summed E-state index contributed by atoms with van der Waals surface area (Å²) >= 11 is 1.21. The van der Waals surface area contributed by atoms with Crippen LogP contribution in [0.3, 0.4) is 0 Å². The maximum atomic E-state index is 13.6. The molecule has 1 amide bonds. The molecule has 0 radical (unpaired) electrons. The van der Waals surface area contributed by atoms with Gasteiger partial charge in [0.25, 0.3) is 0 Å². The Kier molecular flexibility index (Phi) is 6.37. The van der Waals surface area contributed by atoms with Gasteiger partial charge < -0.3 is 4.90 Å². The van der Waals surface area contributed by atoms with Crippen LogP contribution in [0, 0.1) is 12.7 Å². The smallest absolute Gasteiger partial charge is 0.237 e. The van der Waals surface area contributed by atoms with Crippen molar-refractivity contribution >= 4 is 23.4 Å². The molecule has 1 aromatic heterocycles. The summed E-state index contributed by atoms with van der Waals surface area (Å²) in [6.07, 6.45) is 0. The summed E-state index contributed by atoms with van der Waals surface area (Å²) in [4.78, 5) is 15.0. The molecule has 4 aromatic rings. The first-order chi connectivity index (χ1) is 15.1. The number of nitrogens with zero attached hydrogens (tertiary/aromatic N) is 5. The van der Waals surface area contributed by atoms with Crippen molar-refractivity contribution in [1.82, 2.24) is 20.2 Å². The number of thioether (sulfide) groups is 1. The van der Waals surface area contributed by atoms with Crippen LogP contribution in [0.1, 0.15) is 11.1 Å². The van der Waals surface area contributed by atoms with Crippen LogP contribution in [0.25, 0.3) is 5.69 Å². The van der Waals surface area contributed by atoms with E-state index in [0.29, 0.717) is 17.4 Å². The maximum Gasteiger partial charge on any atom is 0.237 e. The molecular formula is C23H20FN5OS. The molecule has 0 spiro atoms. The highest BCUT2D eigenvalue weighted by molar-refractivity contribution is 7.99. The molecule has 0 unspecified atom stereocenters. The van der Waals surface area contributed by atoms with Crippen LogP contribution in [-0.4, -0.2) is 31.9 Å². The van der Waals surface area contributed by atoms with Crippen molar-refractivity contribution in [2.45, 2.75) is 18.6 Å². The number of carbonyl (C=O) groups is 1. The first-order valence-electron chi connectivity index (χ1n) is 9.68. The van der Waals surface area contributed by atoms with Crippen molar-refractivity contribution in [3.05, 3.63) is 95.8 Å². The third-order valence-electron chi connectivity index (χ3n) is 4.62. The molecule has 8 heteroatoms. The number of hydrogen-bond acceptors (Lipinski definition) is 5. The summed E-state index contributed by atoms with van der Waals surface area (Å²) in [7, 11) is 0. The molecule has 3 aromatic carbocycles. The number of benzene rings is 3. The highest BCUT2D eigenvalue weighted by atomic mass is 32.2. The molecule has 6 nitrogen and oxygen atoms in total. The van der Waals surface area contributed by atoms with Gasteiger partial charge in [0.15, 0.2) is 0 Å². The Morgan fingerprint density at radius 1 is 1.03 bits per heavy atom. The molecule has 0 saturated heterocycles. The fourth-order valence-corrected chi connectivity index (χ4v) is 3.90. The zero-order chi connectivity index (χ0) is 21.6. The van der Waals surface area contributed by atoms with Gasteiger partial charge in [0.2, 0.25) is 11.1 Å². The summed E-state index contributed by atoms with van der Waals surface area (Å²) in [6, 6.07) is 23.7. The number of aromatic nitrogens is 4. The van der Waals surface area contributed by atoms with Gasteiger partial charge in [0, 0.05) is 5.69 Å². The maximum absolute atomic E-state index is 13.6. The fourth-order valence-electron chi connectivity index (χ4n) is 3.13. The van der Waals surface area contributed by atoms with Crippen LogP contribution in [0.5, 0.6) is 0 Å². The second-order valence-corrected chi connectivity index (χ2v) is 7.89. The number of aryl methyl sites for hydroxylation is 1. The Bertz CT molecular complexity index is 1180. The predicted molar refractivity (Wildman–Crippen MR) is 119 cm³/mol. The molecule has 4 rings (SSSR count). The third-order valence-corrected chi connectivity index (χ3v) is 5.52. The molecule has 0 aliphatic heterocycles. The lowest BCUT2D eigenvalue weighted by Gasteiger charge is -2.23. The molecule has 0 bridgehead atoms. The van der Waals surface area contributed by atoms with E-state index in [9.17, 15) is 9.18 Å². The van der Waals surface area contributed by atoms with Gasteiger partial charge in [-0.2, -0.15) is 4.68 Å². The minimum Gasteiger partial charge on any atom is -0.307 e. The summed E-state index contributed by atoms with van der Waals surface area (Å²) < 4.78 is 15.0. The van der Waals surface area contributed by atoms with Gasteiger partial charge in [-0.25, -0.2) is 4.39 Å². The normalized spacial score (nSPS) is 10.8. The van der Waals surface area contributed by atoms with Crippen molar-refractivity contribution in [3.8, 4) is 5.69 Å². The standard InChI is InChI=1S/C23H20FN5OS/c1-17-7-5-11-20(13-17)28(15-18-8-3-2-4-9-18)22(30)16-31-23-25-26-27-29(23)21-12-6-10-19(24)14-21/h2-14H,15-16H2,1H3. The Morgan fingerprint density at radius 2 is 1.84 bits per heavy atom. The van der Waals surface area contributed by atoms with E-state index in [-0.39, 0.29) is 17.5 Å². The van der Waals surface area contributed by atoms with Crippen molar-refractivity contribution in [2.24, 2.45) is 0 Å². The Hall–Kier alpha value is -3.52. The number of rotatable bonds is 7. The zero-order valence-corrected chi connectivity index (χ0v) is 17.7. The van der Waals surface area contributed by atoms with Gasteiger partial charge >= 0.3 is 0 Å². The van der Waals surface area contributed by atoms with Gasteiger partial charge in [0.1, 0.15) is 5.82 Å². The number of anilines is 1. The van der Waals surface area contributed by atoms with Crippen molar-refractivity contribution in [2.75, 3.05) is 10.7 Å². The highest BCUT2D eigenvalue weighted by Crippen LogP contribution is 2.23. The van der Waals surface area contributed by atoms with Gasteiger partial charge in [0.05, 0.1) is 18.0 Å². The molecule has 156 valence electrons. The minimum atomic E-state index is -0.381. The van der Waals surface area contributed by atoms with E-state index in [1.165, 1.54) is 28.6 Å². The van der Waals surface area contributed by atoms with Crippen LogP contribution in [0.2, 0.25) is 0 Å². The summed E-state index contributed by atoms with van der Waals surface area (Å²) in [5.41, 5.74) is 3.44. The first kappa shape index (κ1) is 20.7. The Balaban J connectivity index is 1.54. The monoisotopic (exact) mass is 433 g/mol. The highest BCUT2D eigenvalue weighted by Gasteiger charge is 2.19. The second kappa shape index (κ2) is 9.53. The largest absolute Gasteiger partial charge is 0.307 e. The quantitative estimate of drug-likeness (QED) is 0.403. The lowest BCUT2D eigenvalue weighted by Crippen LogP contribution is -2.32. The molecule has 0 N–H and O–H groups in total. The van der Waals surface area contributed by atoms with Crippen molar-refractivity contribution < 1.29 is 9.18 Å². The summed E-state index contributed by atoms with van der Waals surface area (Å²) in [5, 5.41) is 12.0. The molecule has 0 fully saturated rings. The number of halogens is 1. The number of amides is 1. The number of tetrazole rings is 1. The van der Waals surface area contributed by atoms with E-state index in [1.807, 2.05) is 61.5 Å². The topological polar surface area (TPSA) is 63.9 Å². The van der Waals surface area contributed by atoms with Crippen LogP contribution < -0.4 is 4.90 Å². The van der Waals surface area contributed by atoms with Gasteiger partial charge in [-0.15, -0.1) is 5.10 Å². The molecule has 0 aliphatic carbocycles. The van der Waals surface area contributed by atoms with Gasteiger partial charge in [-0.1, -0.05) is 60.3 Å². The summed E-state index contributed by atoms with van der Waals surface area (Å²) in [6.45, 7) is 2.45. The van der Waals surface area contributed by atoms with Crippen molar-refractivity contribution in [3.63, 3.8) is 0 Å². The zero-order valence-electron chi connectivity index (χ0n) is 16.9. The Morgan fingerprint density at radius 3 is 2.61 bits per heavy atom. The van der Waals surface area contributed by atoms with Gasteiger partial charge in [-0.3, -0.25) is 4.79 Å². The van der Waals surface area contributed by atoms with Crippen LogP contribution >= 0.6 is 11.8 Å². The fraction of sp³-hybridized carbons (Fsp3) is 0.130. The van der Waals surface area contributed by atoms with Crippen molar-refractivity contribution in [1.29, 1.82) is 0 Å². The minimum absolute atomic E-state index is 0.0757. The molecule has 31 heavy (non-hydrogen) atoms. The lowest BCUT2D eigenvalue weighted by atomic mass is 10.1. The number of carbonyl (C=O) groups excluding carboxylic acids is 1. The summed E-state index contributed by atoms with van der Waals surface area (Å²) in [5.74, 6) is -0.321. The van der Waals surface area contributed by atoms with E-state index in [2.05, 4.69) is 15.5 Å². The van der Waals surface area contributed by atoms with Crippen LogP contribution in [0.15, 0.2) is 84.0 Å².